The molecule has 6 atom stereocenters. The Hall–Kier alpha value is -2.97. The summed E-state index contributed by atoms with van der Waals surface area (Å²) in [5.74, 6) is -2.09. The van der Waals surface area contributed by atoms with Gasteiger partial charge in [0.05, 0.1) is 17.4 Å². The molecule has 2 bridgehead atoms. The van der Waals surface area contributed by atoms with E-state index in [2.05, 4.69) is 20.1 Å². The fourth-order valence-electron chi connectivity index (χ4n) is 7.39. The number of unbranched alkanes of at least 4 members (excludes halogenated alkanes) is 1. The van der Waals surface area contributed by atoms with Gasteiger partial charge in [-0.15, -0.1) is 13.2 Å². The minimum absolute atomic E-state index is 0.00249. The molecular weight excluding hydrogens is 518 g/mol. The third-order valence-electron chi connectivity index (χ3n) is 9.39. The number of carbonyl (C=O) groups is 3. The predicted molar refractivity (Wildman–Crippen MR) is 159 cm³/mol. The van der Waals surface area contributed by atoms with E-state index in [-0.39, 0.29) is 30.2 Å². The number of rotatable bonds is 12. The lowest BCUT2D eigenvalue weighted by Crippen LogP contribution is -2.60. The molecule has 3 aliphatic rings. The predicted octanol–water partition coefficient (Wildman–Crippen LogP) is 3.80. The van der Waals surface area contributed by atoms with Gasteiger partial charge in [0.15, 0.2) is 0 Å². The van der Waals surface area contributed by atoms with Crippen molar-refractivity contribution >= 4 is 17.7 Å². The van der Waals surface area contributed by atoms with Crippen LogP contribution < -0.4 is 0 Å². The van der Waals surface area contributed by atoms with Crippen molar-refractivity contribution in [3.05, 3.63) is 61.2 Å². The number of nitrogens with zero attached hydrogens (tertiary/aromatic N) is 3. The summed E-state index contributed by atoms with van der Waals surface area (Å²) in [5, 5.41) is 9.45. The minimum Gasteiger partial charge on any atom is -0.396 e. The molecule has 41 heavy (non-hydrogen) atoms. The number of amides is 3. The maximum absolute atomic E-state index is 14.5. The molecule has 0 radical (unpaired) electrons. The third kappa shape index (κ3) is 5.25. The van der Waals surface area contributed by atoms with E-state index >= 15 is 0 Å². The maximum Gasteiger partial charge on any atom is 0.249 e. The summed E-state index contributed by atoms with van der Waals surface area (Å²) in [4.78, 5) is 48.6. The van der Waals surface area contributed by atoms with Crippen LogP contribution in [0.5, 0.6) is 0 Å². The lowest BCUT2D eigenvalue weighted by atomic mass is 9.62. The average Bonchev–Trinajstić information content (AvgIpc) is 3.43. The summed E-state index contributed by atoms with van der Waals surface area (Å²) in [6.07, 6.45) is 4.98. The Labute approximate surface area is 245 Å². The Bertz CT molecular complexity index is 1160. The van der Waals surface area contributed by atoms with Crippen molar-refractivity contribution in [1.29, 1.82) is 0 Å². The number of hydrogen-bond acceptors (Lipinski definition) is 5. The van der Waals surface area contributed by atoms with Crippen molar-refractivity contribution in [2.24, 2.45) is 17.8 Å². The highest BCUT2D eigenvalue weighted by molar-refractivity contribution is 5.99. The van der Waals surface area contributed by atoms with Crippen molar-refractivity contribution in [1.82, 2.24) is 14.7 Å². The summed E-state index contributed by atoms with van der Waals surface area (Å²) in [5.41, 5.74) is -1.54. The fraction of sp³-hybridized carbons (Fsp3) is 0.606. The SMILES string of the molecule is C=CCN(Cc1ccccc1)C(=O)[C@H]1[C@H]2C(=O)N(CCCCO)C(C(=O)N(CC=C)C(C)(C)C)C23CC(C)[C@]1(C)O3. The van der Waals surface area contributed by atoms with E-state index in [0.717, 1.165) is 5.56 Å². The van der Waals surface area contributed by atoms with Gasteiger partial charge < -0.3 is 24.5 Å². The molecule has 1 N–H and O–H groups in total. The first-order valence-corrected chi connectivity index (χ1v) is 14.8. The normalized spacial score (nSPS) is 30.3. The van der Waals surface area contributed by atoms with Gasteiger partial charge in [-0.05, 0) is 58.4 Å². The van der Waals surface area contributed by atoms with Crippen LogP contribution in [0.3, 0.4) is 0 Å². The first-order valence-electron chi connectivity index (χ1n) is 14.8. The zero-order valence-electron chi connectivity index (χ0n) is 25.3. The summed E-state index contributed by atoms with van der Waals surface area (Å²) < 4.78 is 6.92. The molecule has 3 amide bonds. The second-order valence-corrected chi connectivity index (χ2v) is 13.1. The Balaban J connectivity index is 1.79. The van der Waals surface area contributed by atoms with E-state index < -0.39 is 34.6 Å². The maximum atomic E-state index is 14.5. The number of ether oxygens (including phenoxy) is 1. The number of aliphatic hydroxyl groups is 1. The van der Waals surface area contributed by atoms with Crippen molar-refractivity contribution < 1.29 is 24.2 Å². The van der Waals surface area contributed by atoms with Crippen molar-refractivity contribution in [3.8, 4) is 0 Å². The smallest absolute Gasteiger partial charge is 0.249 e. The van der Waals surface area contributed by atoms with E-state index in [1.54, 1.807) is 26.9 Å². The lowest BCUT2D eigenvalue weighted by Gasteiger charge is -2.42. The van der Waals surface area contributed by atoms with Crippen LogP contribution in [0.1, 0.15) is 59.4 Å². The van der Waals surface area contributed by atoms with Gasteiger partial charge in [0.25, 0.3) is 0 Å². The molecule has 4 rings (SSSR count). The van der Waals surface area contributed by atoms with Gasteiger partial charge in [0, 0.05) is 38.3 Å². The molecule has 0 aliphatic carbocycles. The summed E-state index contributed by atoms with van der Waals surface area (Å²) in [6.45, 7) is 19.0. The molecule has 3 heterocycles. The highest BCUT2D eigenvalue weighted by Crippen LogP contribution is 2.65. The van der Waals surface area contributed by atoms with Gasteiger partial charge in [-0.25, -0.2) is 0 Å². The summed E-state index contributed by atoms with van der Waals surface area (Å²) >= 11 is 0. The van der Waals surface area contributed by atoms with E-state index in [1.807, 2.05) is 58.0 Å². The van der Waals surface area contributed by atoms with Crippen LogP contribution in [0.15, 0.2) is 55.6 Å². The van der Waals surface area contributed by atoms with Crippen molar-refractivity contribution in [2.75, 3.05) is 26.2 Å². The summed E-state index contributed by atoms with van der Waals surface area (Å²) in [6, 6.07) is 8.91. The molecule has 3 aliphatic heterocycles. The van der Waals surface area contributed by atoms with Crippen molar-refractivity contribution in [2.45, 2.75) is 83.2 Å². The van der Waals surface area contributed by atoms with Crippen LogP contribution >= 0.6 is 0 Å². The number of hydrogen-bond donors (Lipinski definition) is 1. The number of likely N-dealkylation sites (tertiary alicyclic amines) is 1. The number of benzene rings is 1. The van der Waals surface area contributed by atoms with Gasteiger partial charge in [-0.1, -0.05) is 49.4 Å². The zero-order valence-corrected chi connectivity index (χ0v) is 25.3. The van der Waals surface area contributed by atoms with Crippen LogP contribution in [0.2, 0.25) is 0 Å². The zero-order chi connectivity index (χ0) is 30.2. The Kier molecular flexibility index (Phi) is 8.86. The second kappa shape index (κ2) is 11.7. The molecule has 224 valence electrons. The molecule has 8 heteroatoms. The van der Waals surface area contributed by atoms with E-state index in [0.29, 0.717) is 45.4 Å². The average molecular weight is 566 g/mol. The highest BCUT2D eigenvalue weighted by Gasteiger charge is 2.80. The monoisotopic (exact) mass is 565 g/mol. The van der Waals surface area contributed by atoms with E-state index in [9.17, 15) is 19.5 Å². The molecule has 1 spiro atoms. The molecule has 3 fully saturated rings. The van der Waals surface area contributed by atoms with Gasteiger partial charge in [0.2, 0.25) is 17.7 Å². The molecule has 3 unspecified atom stereocenters. The molecule has 0 saturated carbocycles. The number of aliphatic hydroxyl groups excluding tert-OH is 1. The van der Waals surface area contributed by atoms with Crippen LogP contribution in [0, 0.1) is 17.8 Å². The van der Waals surface area contributed by atoms with Crippen LogP contribution in [0.25, 0.3) is 0 Å². The van der Waals surface area contributed by atoms with E-state index in [1.165, 1.54) is 0 Å². The molecule has 8 nitrogen and oxygen atoms in total. The van der Waals surface area contributed by atoms with Gasteiger partial charge in [-0.2, -0.15) is 0 Å². The summed E-state index contributed by atoms with van der Waals surface area (Å²) in [7, 11) is 0. The molecule has 3 saturated heterocycles. The quantitative estimate of drug-likeness (QED) is 0.308. The largest absolute Gasteiger partial charge is 0.396 e. The van der Waals surface area contributed by atoms with Crippen molar-refractivity contribution in [3.63, 3.8) is 0 Å². The first kappa shape index (κ1) is 31.0. The van der Waals surface area contributed by atoms with Gasteiger partial charge in [0.1, 0.15) is 11.6 Å². The van der Waals surface area contributed by atoms with Gasteiger partial charge in [-0.3, -0.25) is 14.4 Å². The first-order chi connectivity index (χ1) is 19.4. The fourth-order valence-corrected chi connectivity index (χ4v) is 7.39. The Morgan fingerprint density at radius 1 is 1.12 bits per heavy atom. The standard InChI is InChI=1S/C33H47N3O5/c1-8-17-34(22-24-15-11-10-12-16-24)28(38)25-26-29(39)35(19-13-14-20-37)27(30(40)36(18-9-2)31(4,5)6)33(26)21-23(3)32(25,7)41-33/h8-12,15-16,23,25-27,37H,1-2,13-14,17-22H2,3-7H3/t23?,25-,26+,27?,32+,33?/m1/s1. The minimum atomic E-state index is -1.11. The number of fused-ring (bicyclic) bond motifs is 1. The molecule has 1 aromatic rings. The highest BCUT2D eigenvalue weighted by atomic mass is 16.5. The molecular formula is C33H47N3O5. The topological polar surface area (TPSA) is 90.4 Å². The van der Waals surface area contributed by atoms with Crippen LogP contribution in [-0.4, -0.2) is 86.6 Å². The Morgan fingerprint density at radius 2 is 1.78 bits per heavy atom. The molecule has 0 aromatic heterocycles. The van der Waals surface area contributed by atoms with Crippen LogP contribution in [-0.2, 0) is 25.7 Å². The lowest BCUT2D eigenvalue weighted by molar-refractivity contribution is -0.157. The third-order valence-corrected chi connectivity index (χ3v) is 9.39. The van der Waals surface area contributed by atoms with Gasteiger partial charge >= 0.3 is 0 Å². The van der Waals surface area contributed by atoms with Crippen LogP contribution in [0.4, 0.5) is 0 Å². The number of carbonyl (C=O) groups excluding carboxylic acids is 3. The Morgan fingerprint density at radius 3 is 2.37 bits per heavy atom. The van der Waals surface area contributed by atoms with E-state index in [4.69, 9.17) is 4.74 Å². The second-order valence-electron chi connectivity index (χ2n) is 13.1. The molecule has 1 aromatic carbocycles.